The Labute approximate surface area is 152 Å². The van der Waals surface area contributed by atoms with Crippen LogP contribution in [-0.4, -0.2) is 16.2 Å². The molecular weight excluding hydrogens is 312 g/mol. The lowest BCUT2D eigenvalue weighted by atomic mass is 10.1. The summed E-state index contributed by atoms with van der Waals surface area (Å²) in [6, 6.07) is 0. The molecule has 3 heteroatoms. The Bertz CT molecular complexity index is 505. The molecule has 0 heterocycles. The first-order valence-electron chi connectivity index (χ1n) is 9.13. The lowest BCUT2D eigenvalue weighted by molar-refractivity contribution is -0.131. The van der Waals surface area contributed by atoms with Gasteiger partial charge in [0.1, 0.15) is 5.76 Å². The van der Waals surface area contributed by atoms with Crippen LogP contribution in [0.3, 0.4) is 0 Å². The van der Waals surface area contributed by atoms with Gasteiger partial charge in [-0.05, 0) is 25.0 Å². The molecule has 0 aliphatic rings. The van der Waals surface area contributed by atoms with Crippen LogP contribution in [0, 0.1) is 0 Å². The average molecular weight is 344 g/mol. The maximum atomic E-state index is 10.2. The van der Waals surface area contributed by atoms with E-state index in [9.17, 15) is 9.90 Å². The average Bonchev–Trinajstić information content (AvgIpc) is 2.58. The molecule has 0 aromatic rings. The molecule has 138 valence electrons. The van der Waals surface area contributed by atoms with Gasteiger partial charge in [0.05, 0.1) is 0 Å². The van der Waals surface area contributed by atoms with E-state index in [1.807, 2.05) is 6.08 Å². The third-order valence-electron chi connectivity index (χ3n) is 3.44. The van der Waals surface area contributed by atoms with Crippen LogP contribution in [0.15, 0.2) is 72.6 Å². The Balaban J connectivity index is 3.80. The smallest absolute Gasteiger partial charge is 0.328 e. The number of hydrogen-bond acceptors (Lipinski definition) is 2. The summed E-state index contributed by atoms with van der Waals surface area (Å²) in [5.41, 5.74) is 0. The first-order chi connectivity index (χ1) is 12.2. The van der Waals surface area contributed by atoms with Crippen molar-refractivity contribution in [3.63, 3.8) is 0 Å². The second kappa shape index (κ2) is 18.1. The highest BCUT2D eigenvalue weighted by molar-refractivity contribution is 5.80. The number of rotatable bonds is 14. The number of aliphatic carboxylic acids is 1. The van der Waals surface area contributed by atoms with Gasteiger partial charge in [-0.15, -0.1) is 0 Å². The number of aliphatic hydroxyl groups is 1. The van der Waals surface area contributed by atoms with Crippen LogP contribution >= 0.6 is 0 Å². The molecule has 0 aliphatic carbocycles. The SMILES string of the molecule is CCCCCCCCC/C=C/C(O)=C/C=C/C=C/C=C/C=C/C(=O)O. The van der Waals surface area contributed by atoms with Crippen molar-refractivity contribution in [2.45, 2.75) is 58.3 Å². The molecule has 0 saturated carbocycles. The minimum Gasteiger partial charge on any atom is -0.508 e. The van der Waals surface area contributed by atoms with Gasteiger partial charge in [-0.3, -0.25) is 0 Å². The van der Waals surface area contributed by atoms with Crippen molar-refractivity contribution < 1.29 is 15.0 Å². The summed E-state index contributed by atoms with van der Waals surface area (Å²) in [5, 5.41) is 18.1. The molecular formula is C22H32O3. The molecule has 0 bridgehead atoms. The molecule has 0 spiro atoms. The van der Waals surface area contributed by atoms with Crippen LogP contribution in [0.4, 0.5) is 0 Å². The van der Waals surface area contributed by atoms with Gasteiger partial charge in [0.2, 0.25) is 0 Å². The summed E-state index contributed by atoms with van der Waals surface area (Å²) in [6.45, 7) is 2.23. The monoisotopic (exact) mass is 344 g/mol. The van der Waals surface area contributed by atoms with Crippen LogP contribution in [0.2, 0.25) is 0 Å². The molecule has 0 rings (SSSR count). The molecule has 0 amide bonds. The Morgan fingerprint density at radius 3 is 1.92 bits per heavy atom. The third-order valence-corrected chi connectivity index (χ3v) is 3.44. The standard InChI is InChI=1S/C22H32O3/c1-2-3-4-5-6-7-9-12-15-18-21(23)19-16-13-10-8-11-14-17-20-22(24)25/h8,10-11,13-20,23H,2-7,9,12H2,1H3,(H,24,25)/b10-8+,14-11+,16-13+,18-15+,20-17+,21-19-. The first-order valence-corrected chi connectivity index (χ1v) is 9.13. The quantitative estimate of drug-likeness (QED) is 0.165. The number of carboxylic acids is 1. The molecule has 0 atom stereocenters. The Hall–Kier alpha value is -2.29. The van der Waals surface area contributed by atoms with E-state index < -0.39 is 5.97 Å². The lowest BCUT2D eigenvalue weighted by Crippen LogP contribution is -1.84. The highest BCUT2D eigenvalue weighted by Crippen LogP contribution is 2.08. The molecule has 0 aliphatic heterocycles. The van der Waals surface area contributed by atoms with Crippen molar-refractivity contribution in [1.29, 1.82) is 0 Å². The molecule has 2 N–H and O–H groups in total. The van der Waals surface area contributed by atoms with Crippen LogP contribution in [0.5, 0.6) is 0 Å². The number of allylic oxidation sites excluding steroid dienone is 10. The van der Waals surface area contributed by atoms with E-state index in [1.165, 1.54) is 51.0 Å². The van der Waals surface area contributed by atoms with Crippen molar-refractivity contribution in [3.05, 3.63) is 72.6 Å². The van der Waals surface area contributed by atoms with Gasteiger partial charge in [-0.1, -0.05) is 94.1 Å². The summed E-state index contributed by atoms with van der Waals surface area (Å²) in [4.78, 5) is 10.2. The number of carboxylic acid groups (broad SMARTS) is 1. The summed E-state index contributed by atoms with van der Waals surface area (Å²) in [5.74, 6) is -0.721. The van der Waals surface area contributed by atoms with Crippen molar-refractivity contribution in [3.8, 4) is 0 Å². The first kappa shape index (κ1) is 22.7. The van der Waals surface area contributed by atoms with Crippen molar-refractivity contribution in [2.75, 3.05) is 0 Å². The fourth-order valence-electron chi connectivity index (χ4n) is 2.09. The third kappa shape index (κ3) is 19.7. The second-order valence-electron chi connectivity index (χ2n) is 5.76. The number of carbonyl (C=O) groups is 1. The van der Waals surface area contributed by atoms with Crippen molar-refractivity contribution >= 4 is 5.97 Å². The highest BCUT2D eigenvalue weighted by Gasteiger charge is 1.89. The largest absolute Gasteiger partial charge is 0.508 e. The molecule has 0 unspecified atom stereocenters. The van der Waals surface area contributed by atoms with Gasteiger partial charge in [0.25, 0.3) is 0 Å². The predicted octanol–water partition coefficient (Wildman–Crippen LogP) is 6.43. The number of aliphatic hydroxyl groups excluding tert-OH is 1. The van der Waals surface area contributed by atoms with E-state index in [4.69, 9.17) is 5.11 Å². The molecule has 0 fully saturated rings. The molecule has 25 heavy (non-hydrogen) atoms. The number of unbranched alkanes of at least 4 members (excludes halogenated alkanes) is 7. The van der Waals surface area contributed by atoms with Gasteiger partial charge in [-0.2, -0.15) is 0 Å². The van der Waals surface area contributed by atoms with E-state index in [-0.39, 0.29) is 5.76 Å². The Morgan fingerprint density at radius 1 is 0.720 bits per heavy atom. The normalized spacial score (nSPS) is 13.4. The van der Waals surface area contributed by atoms with Crippen LogP contribution in [0.25, 0.3) is 0 Å². The lowest BCUT2D eigenvalue weighted by Gasteiger charge is -1.98. The zero-order valence-electron chi connectivity index (χ0n) is 15.3. The Kier molecular flexibility index (Phi) is 16.4. The minimum absolute atomic E-state index is 0.243. The summed E-state index contributed by atoms with van der Waals surface area (Å²) >= 11 is 0. The fraction of sp³-hybridized carbons (Fsp3) is 0.409. The van der Waals surface area contributed by atoms with Crippen LogP contribution in [0.1, 0.15) is 58.3 Å². The predicted molar refractivity (Wildman–Crippen MR) is 107 cm³/mol. The van der Waals surface area contributed by atoms with Crippen LogP contribution in [-0.2, 0) is 4.79 Å². The highest BCUT2D eigenvalue weighted by atomic mass is 16.4. The zero-order valence-corrected chi connectivity index (χ0v) is 15.3. The van der Waals surface area contributed by atoms with E-state index in [2.05, 4.69) is 6.92 Å². The maximum Gasteiger partial charge on any atom is 0.328 e. The minimum atomic E-state index is -0.964. The maximum absolute atomic E-state index is 10.2. The zero-order chi connectivity index (χ0) is 18.6. The Morgan fingerprint density at radius 2 is 1.28 bits per heavy atom. The molecule has 0 saturated heterocycles. The second-order valence-corrected chi connectivity index (χ2v) is 5.76. The van der Waals surface area contributed by atoms with E-state index >= 15 is 0 Å². The van der Waals surface area contributed by atoms with Gasteiger partial charge in [-0.25, -0.2) is 4.79 Å². The van der Waals surface area contributed by atoms with Crippen molar-refractivity contribution in [1.82, 2.24) is 0 Å². The van der Waals surface area contributed by atoms with Crippen LogP contribution < -0.4 is 0 Å². The summed E-state index contributed by atoms with van der Waals surface area (Å²) < 4.78 is 0. The van der Waals surface area contributed by atoms with Gasteiger partial charge in [0, 0.05) is 6.08 Å². The van der Waals surface area contributed by atoms with Gasteiger partial charge >= 0.3 is 5.97 Å². The van der Waals surface area contributed by atoms with Gasteiger partial charge < -0.3 is 10.2 Å². The summed E-state index contributed by atoms with van der Waals surface area (Å²) in [6.07, 6.45) is 28.5. The number of hydrogen-bond donors (Lipinski definition) is 2. The molecule has 0 radical (unpaired) electrons. The summed E-state index contributed by atoms with van der Waals surface area (Å²) in [7, 11) is 0. The van der Waals surface area contributed by atoms with E-state index in [1.54, 1.807) is 48.6 Å². The molecule has 0 aromatic carbocycles. The van der Waals surface area contributed by atoms with E-state index in [0.29, 0.717) is 0 Å². The topological polar surface area (TPSA) is 57.5 Å². The van der Waals surface area contributed by atoms with Gasteiger partial charge in [0.15, 0.2) is 0 Å². The van der Waals surface area contributed by atoms with Crippen molar-refractivity contribution in [2.24, 2.45) is 0 Å². The van der Waals surface area contributed by atoms with E-state index in [0.717, 1.165) is 12.5 Å². The molecule has 0 aromatic heterocycles. The fourth-order valence-corrected chi connectivity index (χ4v) is 2.09. The molecule has 3 nitrogen and oxygen atoms in total.